The van der Waals surface area contributed by atoms with E-state index in [0.29, 0.717) is 23.6 Å². The number of nitrogens with one attached hydrogen (secondary N) is 1. The molecule has 2 rings (SSSR count). The summed E-state index contributed by atoms with van der Waals surface area (Å²) >= 11 is 0. The molecule has 2 amide bonds. The van der Waals surface area contributed by atoms with Gasteiger partial charge in [-0.25, -0.2) is 0 Å². The van der Waals surface area contributed by atoms with Gasteiger partial charge in [-0.2, -0.15) is 0 Å². The van der Waals surface area contributed by atoms with Crippen LogP contribution in [-0.4, -0.2) is 43.4 Å². The molecule has 1 saturated carbocycles. The maximum atomic E-state index is 12.5. The molecule has 1 aliphatic rings. The number of nitrogens with zero attached hydrogens (tertiary/aromatic N) is 1. The van der Waals surface area contributed by atoms with Crippen molar-refractivity contribution >= 4 is 24.2 Å². The lowest BCUT2D eigenvalue weighted by atomic mass is 9.84. The average molecular weight is 354 g/mol. The number of rotatable bonds is 5. The minimum atomic E-state index is -0.153. The molecule has 1 aliphatic carbocycles. The summed E-state index contributed by atoms with van der Waals surface area (Å²) in [5.41, 5.74) is 6.90. The molecular weight excluding hydrogens is 326 g/mol. The van der Waals surface area contributed by atoms with E-state index in [2.05, 4.69) is 5.32 Å². The van der Waals surface area contributed by atoms with Crippen LogP contribution >= 0.6 is 12.4 Å². The Hall–Kier alpha value is -1.59. The number of hydrogen-bond acceptors (Lipinski definition) is 3. The van der Waals surface area contributed by atoms with Crippen molar-refractivity contribution in [3.8, 4) is 0 Å². The van der Waals surface area contributed by atoms with E-state index in [1.807, 2.05) is 0 Å². The molecule has 5 nitrogen and oxygen atoms in total. The normalized spacial score (nSPS) is 16.0. The zero-order valence-corrected chi connectivity index (χ0v) is 15.3. The van der Waals surface area contributed by atoms with Crippen molar-refractivity contribution in [1.82, 2.24) is 10.2 Å². The molecule has 0 radical (unpaired) electrons. The Labute approximate surface area is 150 Å². The van der Waals surface area contributed by atoms with Crippen molar-refractivity contribution in [3.63, 3.8) is 0 Å². The van der Waals surface area contributed by atoms with Gasteiger partial charge in [0.2, 0.25) is 0 Å². The molecule has 0 aliphatic heterocycles. The van der Waals surface area contributed by atoms with E-state index in [4.69, 9.17) is 5.73 Å². The molecule has 24 heavy (non-hydrogen) atoms. The van der Waals surface area contributed by atoms with Gasteiger partial charge in [0.25, 0.3) is 11.8 Å². The second-order valence-electron chi connectivity index (χ2n) is 6.49. The minimum Gasteiger partial charge on any atom is -0.348 e. The van der Waals surface area contributed by atoms with Crippen LogP contribution in [0.15, 0.2) is 24.3 Å². The van der Waals surface area contributed by atoms with Crippen molar-refractivity contribution in [2.24, 2.45) is 11.7 Å². The van der Waals surface area contributed by atoms with Gasteiger partial charge >= 0.3 is 0 Å². The number of carbonyl (C=O) groups excluding carboxylic acids is 2. The summed E-state index contributed by atoms with van der Waals surface area (Å²) in [5, 5.41) is 3.06. The number of hydrogen-bond donors (Lipinski definition) is 2. The molecule has 0 spiro atoms. The maximum Gasteiger partial charge on any atom is 0.253 e. The van der Waals surface area contributed by atoms with E-state index >= 15 is 0 Å². The summed E-state index contributed by atoms with van der Waals surface area (Å²) < 4.78 is 0. The van der Waals surface area contributed by atoms with E-state index in [9.17, 15) is 9.59 Å². The topological polar surface area (TPSA) is 75.4 Å². The molecule has 134 valence electrons. The first-order chi connectivity index (χ1) is 11.0. The predicted octanol–water partition coefficient (Wildman–Crippen LogP) is 2.45. The van der Waals surface area contributed by atoms with Crippen LogP contribution < -0.4 is 11.1 Å². The summed E-state index contributed by atoms with van der Waals surface area (Å²) in [6, 6.07) is 6.85. The molecule has 1 aromatic rings. The fraction of sp³-hybridized carbons (Fsp3) is 0.556. The van der Waals surface area contributed by atoms with Crippen LogP contribution in [-0.2, 0) is 0 Å². The Bertz CT molecular complexity index is 557. The second kappa shape index (κ2) is 9.64. The van der Waals surface area contributed by atoms with Gasteiger partial charge in [-0.15, -0.1) is 12.4 Å². The number of amides is 2. The van der Waals surface area contributed by atoms with Gasteiger partial charge < -0.3 is 16.0 Å². The van der Waals surface area contributed by atoms with Gasteiger partial charge in [0, 0.05) is 37.8 Å². The maximum absolute atomic E-state index is 12.5. The van der Waals surface area contributed by atoms with E-state index in [0.717, 1.165) is 12.8 Å². The minimum absolute atomic E-state index is 0. The lowest BCUT2D eigenvalue weighted by Crippen LogP contribution is -2.45. The van der Waals surface area contributed by atoms with E-state index in [1.165, 1.54) is 24.2 Å². The highest BCUT2D eigenvalue weighted by Gasteiger charge is 2.24. The van der Waals surface area contributed by atoms with Crippen LogP contribution in [0.4, 0.5) is 0 Å². The summed E-state index contributed by atoms with van der Waals surface area (Å²) in [6.07, 6.45) is 5.95. The van der Waals surface area contributed by atoms with E-state index in [1.54, 1.807) is 38.4 Å². The Morgan fingerprint density at radius 3 is 2.42 bits per heavy atom. The number of halogens is 1. The molecule has 0 bridgehead atoms. The van der Waals surface area contributed by atoms with Gasteiger partial charge in [0.05, 0.1) is 0 Å². The lowest BCUT2D eigenvalue weighted by molar-refractivity contribution is 0.0827. The number of benzene rings is 1. The quantitative estimate of drug-likeness (QED) is 0.853. The smallest absolute Gasteiger partial charge is 0.253 e. The monoisotopic (exact) mass is 353 g/mol. The summed E-state index contributed by atoms with van der Waals surface area (Å²) in [7, 11) is 3.39. The Balaban J connectivity index is 0.00000288. The van der Waals surface area contributed by atoms with Crippen molar-refractivity contribution in [2.75, 3.05) is 20.6 Å². The Morgan fingerprint density at radius 2 is 1.83 bits per heavy atom. The first-order valence-electron chi connectivity index (χ1n) is 8.35. The standard InChI is InChI=1S/C18H27N3O2.ClH/c1-21(2)18(23)15-10-6-9-14(11-15)17(22)20-16(12-19)13-7-4-3-5-8-13;/h6,9-11,13,16H,3-5,7-8,12,19H2,1-2H3,(H,20,22);1H/t16-;/m0./s1. The SMILES string of the molecule is CN(C)C(=O)c1cccc(C(=O)N[C@@H](CN)C2CCCCC2)c1.Cl. The van der Waals surface area contributed by atoms with Crippen molar-refractivity contribution in [3.05, 3.63) is 35.4 Å². The third kappa shape index (κ3) is 5.21. The van der Waals surface area contributed by atoms with Gasteiger partial charge in [0.1, 0.15) is 0 Å². The van der Waals surface area contributed by atoms with Gasteiger partial charge in [0.15, 0.2) is 0 Å². The largest absolute Gasteiger partial charge is 0.348 e. The molecule has 1 aromatic carbocycles. The van der Waals surface area contributed by atoms with E-state index < -0.39 is 0 Å². The van der Waals surface area contributed by atoms with Gasteiger partial charge in [-0.05, 0) is 37.0 Å². The highest BCUT2D eigenvalue weighted by atomic mass is 35.5. The summed E-state index contributed by atoms with van der Waals surface area (Å²) in [5.74, 6) is 0.200. The number of nitrogens with two attached hydrogens (primary N) is 1. The molecule has 0 unspecified atom stereocenters. The molecule has 0 saturated heterocycles. The van der Waals surface area contributed by atoms with Crippen LogP contribution in [0.2, 0.25) is 0 Å². The van der Waals surface area contributed by atoms with Gasteiger partial charge in [-0.3, -0.25) is 9.59 Å². The molecule has 6 heteroatoms. The van der Waals surface area contributed by atoms with Crippen LogP contribution in [0.3, 0.4) is 0 Å². The zero-order chi connectivity index (χ0) is 16.8. The van der Waals surface area contributed by atoms with Crippen LogP contribution in [0, 0.1) is 5.92 Å². The highest BCUT2D eigenvalue weighted by Crippen LogP contribution is 2.26. The Morgan fingerprint density at radius 1 is 1.21 bits per heavy atom. The number of carbonyl (C=O) groups is 2. The fourth-order valence-electron chi connectivity index (χ4n) is 3.21. The molecular formula is C18H28ClN3O2. The van der Waals surface area contributed by atoms with Gasteiger partial charge in [-0.1, -0.05) is 25.3 Å². The van der Waals surface area contributed by atoms with Crippen molar-refractivity contribution in [2.45, 2.75) is 38.1 Å². The summed E-state index contributed by atoms with van der Waals surface area (Å²) in [4.78, 5) is 26.0. The van der Waals surface area contributed by atoms with E-state index in [-0.39, 0.29) is 30.3 Å². The van der Waals surface area contributed by atoms with Crippen molar-refractivity contribution < 1.29 is 9.59 Å². The second-order valence-corrected chi connectivity index (χ2v) is 6.49. The fourth-order valence-corrected chi connectivity index (χ4v) is 3.21. The van der Waals surface area contributed by atoms with Crippen LogP contribution in [0.5, 0.6) is 0 Å². The zero-order valence-electron chi connectivity index (χ0n) is 14.5. The Kier molecular flexibility index (Phi) is 8.22. The van der Waals surface area contributed by atoms with Crippen molar-refractivity contribution in [1.29, 1.82) is 0 Å². The molecule has 0 heterocycles. The van der Waals surface area contributed by atoms with Crippen LogP contribution in [0.1, 0.15) is 52.8 Å². The first-order valence-corrected chi connectivity index (χ1v) is 8.35. The average Bonchev–Trinajstić information content (AvgIpc) is 2.59. The highest BCUT2D eigenvalue weighted by molar-refractivity contribution is 5.99. The molecule has 1 fully saturated rings. The third-order valence-electron chi connectivity index (χ3n) is 4.57. The van der Waals surface area contributed by atoms with Crippen LogP contribution in [0.25, 0.3) is 0 Å². The first kappa shape index (κ1) is 20.5. The lowest BCUT2D eigenvalue weighted by Gasteiger charge is -2.30. The summed E-state index contributed by atoms with van der Waals surface area (Å²) in [6.45, 7) is 0.451. The third-order valence-corrected chi connectivity index (χ3v) is 4.57. The molecule has 1 atom stereocenters. The molecule has 0 aromatic heterocycles. The molecule has 3 N–H and O–H groups in total. The predicted molar refractivity (Wildman–Crippen MR) is 98.6 cm³/mol.